The Morgan fingerprint density at radius 3 is 2.32 bits per heavy atom. The highest BCUT2D eigenvalue weighted by Crippen LogP contribution is 2.29. The molecule has 0 aliphatic heterocycles. The smallest absolute Gasteiger partial charge is 0.267 e. The molecule has 2 heterocycles. The number of carbonyl (C=O) groups excluding carboxylic acids is 2. The number of hydrogen-bond donors (Lipinski definition) is 2. The van der Waals surface area contributed by atoms with Crippen molar-refractivity contribution in [1.29, 1.82) is 0 Å². The number of rotatable bonds is 7. The summed E-state index contributed by atoms with van der Waals surface area (Å²) in [6.45, 7) is 5.41. The normalized spacial score (nSPS) is 10.9. The molecule has 0 unspecified atom stereocenters. The summed E-state index contributed by atoms with van der Waals surface area (Å²) in [5.74, 6) is -0.230. The number of aryl methyl sites for hydroxylation is 1. The Morgan fingerprint density at radius 2 is 1.59 bits per heavy atom. The first kappa shape index (κ1) is 23.7. The van der Waals surface area contributed by atoms with Crippen LogP contribution in [-0.4, -0.2) is 25.8 Å². The van der Waals surface area contributed by atoms with E-state index in [0.29, 0.717) is 51.4 Å². The Kier molecular flexibility index (Phi) is 6.38. The van der Waals surface area contributed by atoms with Crippen LogP contribution in [0.4, 0.5) is 11.4 Å². The van der Waals surface area contributed by atoms with Crippen LogP contribution in [-0.2, 0) is 22.6 Å². The highest BCUT2D eigenvalue weighted by Gasteiger charge is 2.22. The summed E-state index contributed by atoms with van der Waals surface area (Å²) in [7, 11) is 0. The Balaban J connectivity index is 1.71. The third-order valence-electron chi connectivity index (χ3n) is 6.13. The first-order valence-electron chi connectivity index (χ1n) is 11.9. The lowest BCUT2D eigenvalue weighted by Crippen LogP contribution is -2.23. The maximum atomic E-state index is 14.1. The second-order valence-electron chi connectivity index (χ2n) is 8.46. The van der Waals surface area contributed by atoms with Crippen molar-refractivity contribution in [1.82, 2.24) is 14.0 Å². The summed E-state index contributed by atoms with van der Waals surface area (Å²) < 4.78 is 3.29. The molecule has 5 rings (SSSR count). The van der Waals surface area contributed by atoms with Gasteiger partial charge in [0, 0.05) is 16.9 Å². The molecule has 37 heavy (non-hydrogen) atoms. The quantitative estimate of drug-likeness (QED) is 0.324. The molecule has 0 saturated heterocycles. The highest BCUT2D eigenvalue weighted by atomic mass is 16.2. The van der Waals surface area contributed by atoms with E-state index in [1.807, 2.05) is 67.6 Å². The zero-order valence-electron chi connectivity index (χ0n) is 20.3. The molecule has 0 fully saturated rings. The molecule has 0 aliphatic carbocycles. The molecule has 0 aliphatic rings. The van der Waals surface area contributed by atoms with Gasteiger partial charge in [-0.3, -0.25) is 14.4 Å². The van der Waals surface area contributed by atoms with Gasteiger partial charge in [-0.2, -0.15) is 0 Å². The number of nitrogens with zero attached hydrogens (tertiary/aromatic N) is 3. The van der Waals surface area contributed by atoms with E-state index in [4.69, 9.17) is 4.98 Å². The fourth-order valence-electron chi connectivity index (χ4n) is 4.48. The van der Waals surface area contributed by atoms with E-state index in [2.05, 4.69) is 17.2 Å². The topological polar surface area (TPSA) is 97.5 Å². The van der Waals surface area contributed by atoms with Crippen molar-refractivity contribution in [3.8, 4) is 11.1 Å². The van der Waals surface area contributed by atoms with Gasteiger partial charge in [0.05, 0.1) is 22.3 Å². The van der Waals surface area contributed by atoms with Gasteiger partial charge < -0.3 is 15.2 Å². The van der Waals surface area contributed by atoms with E-state index in [0.717, 1.165) is 0 Å². The summed E-state index contributed by atoms with van der Waals surface area (Å²) in [6.07, 6.45) is 1.66. The second kappa shape index (κ2) is 9.94. The molecule has 3 aromatic carbocycles. The van der Waals surface area contributed by atoms with E-state index < -0.39 is 0 Å². The first-order chi connectivity index (χ1) is 18.0. The SMILES string of the molecule is C=CC(=O)Nc1ccccc1-c1c(CC)nc2n(CC(=O)Nc3ccccc3)c3ccccc3n2c1=O. The fourth-order valence-corrected chi connectivity index (χ4v) is 4.48. The molecule has 8 heteroatoms. The van der Waals surface area contributed by atoms with Gasteiger partial charge in [-0.05, 0) is 42.8 Å². The lowest BCUT2D eigenvalue weighted by Gasteiger charge is -2.13. The minimum Gasteiger partial charge on any atom is -0.325 e. The van der Waals surface area contributed by atoms with Crippen LogP contribution in [0.1, 0.15) is 12.6 Å². The van der Waals surface area contributed by atoms with Gasteiger partial charge in [0.1, 0.15) is 6.54 Å². The third-order valence-corrected chi connectivity index (χ3v) is 6.13. The molecule has 0 saturated carbocycles. The van der Waals surface area contributed by atoms with Gasteiger partial charge in [0.2, 0.25) is 17.6 Å². The molecular weight excluding hydrogens is 466 g/mol. The van der Waals surface area contributed by atoms with E-state index in [1.165, 1.54) is 10.5 Å². The van der Waals surface area contributed by atoms with Crippen molar-refractivity contribution in [2.24, 2.45) is 0 Å². The maximum Gasteiger partial charge on any atom is 0.267 e. The van der Waals surface area contributed by atoms with Crippen LogP contribution in [0.15, 0.2) is 96.3 Å². The number of anilines is 2. The Hall–Kier alpha value is -4.98. The summed E-state index contributed by atoms with van der Waals surface area (Å²) >= 11 is 0. The van der Waals surface area contributed by atoms with Gasteiger partial charge in [0.25, 0.3) is 5.56 Å². The summed E-state index contributed by atoms with van der Waals surface area (Å²) in [4.78, 5) is 44.0. The van der Waals surface area contributed by atoms with Crippen molar-refractivity contribution >= 4 is 40.0 Å². The molecule has 0 atom stereocenters. The van der Waals surface area contributed by atoms with Gasteiger partial charge in [-0.1, -0.05) is 62.0 Å². The van der Waals surface area contributed by atoms with Crippen LogP contribution in [0.5, 0.6) is 0 Å². The largest absolute Gasteiger partial charge is 0.325 e. The monoisotopic (exact) mass is 491 g/mol. The number of fused-ring (bicyclic) bond motifs is 3. The predicted molar refractivity (Wildman–Crippen MR) is 146 cm³/mol. The van der Waals surface area contributed by atoms with Crippen molar-refractivity contribution in [3.05, 3.63) is 108 Å². The number of nitrogens with one attached hydrogen (secondary N) is 2. The summed E-state index contributed by atoms with van der Waals surface area (Å²) in [5.41, 5.74) is 3.79. The zero-order chi connectivity index (χ0) is 25.9. The average Bonchev–Trinajstić information content (AvgIpc) is 3.23. The van der Waals surface area contributed by atoms with Crippen LogP contribution in [0.25, 0.3) is 27.9 Å². The standard InChI is InChI=1S/C29H25N5O3/c1-3-21-27(20-14-8-9-15-22(20)31-25(35)4-2)28(37)34-24-17-11-10-16-23(24)33(29(34)32-21)18-26(36)30-19-12-6-5-7-13-19/h4-17H,2-3,18H2,1H3,(H,30,36)(H,31,35). The highest BCUT2D eigenvalue weighted by molar-refractivity contribution is 6.02. The Bertz CT molecular complexity index is 1720. The van der Waals surface area contributed by atoms with Crippen molar-refractivity contribution < 1.29 is 9.59 Å². The number of amides is 2. The van der Waals surface area contributed by atoms with E-state index in [1.54, 1.807) is 22.8 Å². The van der Waals surface area contributed by atoms with Crippen LogP contribution in [0, 0.1) is 0 Å². The minimum absolute atomic E-state index is 0.0210. The van der Waals surface area contributed by atoms with Gasteiger partial charge in [-0.15, -0.1) is 0 Å². The molecule has 2 amide bonds. The number of imidazole rings is 1. The number of hydrogen-bond acceptors (Lipinski definition) is 4. The van der Waals surface area contributed by atoms with Crippen LogP contribution >= 0.6 is 0 Å². The lowest BCUT2D eigenvalue weighted by molar-refractivity contribution is -0.116. The Labute approximate surface area is 212 Å². The lowest BCUT2D eigenvalue weighted by atomic mass is 10.0. The first-order valence-corrected chi connectivity index (χ1v) is 11.9. The number of benzene rings is 3. The minimum atomic E-state index is -0.374. The van der Waals surface area contributed by atoms with E-state index >= 15 is 0 Å². The Morgan fingerprint density at radius 1 is 0.919 bits per heavy atom. The van der Waals surface area contributed by atoms with Crippen LogP contribution in [0.3, 0.4) is 0 Å². The number of aromatic nitrogens is 3. The van der Waals surface area contributed by atoms with E-state index in [9.17, 15) is 14.4 Å². The molecule has 8 nitrogen and oxygen atoms in total. The average molecular weight is 492 g/mol. The van der Waals surface area contributed by atoms with Crippen molar-refractivity contribution in [2.45, 2.75) is 19.9 Å². The van der Waals surface area contributed by atoms with Gasteiger partial charge in [0.15, 0.2) is 0 Å². The predicted octanol–water partition coefficient (Wildman–Crippen LogP) is 4.64. The molecule has 0 bridgehead atoms. The molecule has 0 radical (unpaired) electrons. The fraction of sp³-hybridized carbons (Fsp3) is 0.103. The molecule has 5 aromatic rings. The van der Waals surface area contributed by atoms with Crippen molar-refractivity contribution in [2.75, 3.05) is 10.6 Å². The summed E-state index contributed by atoms with van der Waals surface area (Å²) in [5, 5.41) is 5.68. The third kappa shape index (κ3) is 4.40. The molecule has 2 N–H and O–H groups in total. The molecule has 0 spiro atoms. The molecule has 2 aromatic heterocycles. The van der Waals surface area contributed by atoms with Gasteiger partial charge >= 0.3 is 0 Å². The van der Waals surface area contributed by atoms with Gasteiger partial charge in [-0.25, -0.2) is 9.38 Å². The summed E-state index contributed by atoms with van der Waals surface area (Å²) in [6, 6.07) is 23.7. The number of para-hydroxylation sites is 4. The van der Waals surface area contributed by atoms with Crippen LogP contribution in [0.2, 0.25) is 0 Å². The van der Waals surface area contributed by atoms with Crippen LogP contribution < -0.4 is 16.2 Å². The van der Waals surface area contributed by atoms with Crippen molar-refractivity contribution in [3.63, 3.8) is 0 Å². The molecule has 184 valence electrons. The zero-order valence-corrected chi connectivity index (χ0v) is 20.3. The molecular formula is C29H25N5O3. The maximum absolute atomic E-state index is 14.1. The number of carbonyl (C=O) groups is 2. The van der Waals surface area contributed by atoms with E-state index in [-0.39, 0.29) is 23.9 Å². The second-order valence-corrected chi connectivity index (χ2v) is 8.46.